The number of rotatable bonds is 5. The summed E-state index contributed by atoms with van der Waals surface area (Å²) in [4.78, 5) is 4.40. The normalized spacial score (nSPS) is 10.8. The lowest BCUT2D eigenvalue weighted by molar-refractivity contribution is 0.195. The summed E-state index contributed by atoms with van der Waals surface area (Å²) >= 11 is 1.52. The Balaban J connectivity index is 2.11. The lowest BCUT2D eigenvalue weighted by Gasteiger charge is -1.98. The molecule has 0 amide bonds. The van der Waals surface area contributed by atoms with Crippen molar-refractivity contribution < 1.29 is 13.5 Å². The summed E-state index contributed by atoms with van der Waals surface area (Å²) in [7, 11) is 1.66. The lowest BCUT2D eigenvalue weighted by atomic mass is 10.1. The smallest absolute Gasteiger partial charge is 0.159 e. The van der Waals surface area contributed by atoms with E-state index in [1.807, 2.05) is 5.38 Å². The van der Waals surface area contributed by atoms with Crippen molar-refractivity contribution in [2.45, 2.75) is 12.8 Å². The summed E-state index contributed by atoms with van der Waals surface area (Å²) in [5, 5.41) is 2.83. The van der Waals surface area contributed by atoms with Crippen molar-refractivity contribution in [2.24, 2.45) is 0 Å². The minimum Gasteiger partial charge on any atom is -0.385 e. The Morgan fingerprint density at radius 2 is 2.11 bits per heavy atom. The van der Waals surface area contributed by atoms with Crippen LogP contribution in [0.15, 0.2) is 23.6 Å². The van der Waals surface area contributed by atoms with E-state index in [1.165, 1.54) is 23.5 Å². The Labute approximate surface area is 108 Å². The summed E-state index contributed by atoms with van der Waals surface area (Å²) in [6, 6.07) is 3.82. The largest absolute Gasteiger partial charge is 0.385 e. The molecule has 0 aliphatic rings. The molecule has 0 bridgehead atoms. The van der Waals surface area contributed by atoms with E-state index < -0.39 is 11.6 Å². The number of benzene rings is 1. The molecule has 2 nitrogen and oxygen atoms in total. The van der Waals surface area contributed by atoms with Gasteiger partial charge in [-0.3, -0.25) is 0 Å². The van der Waals surface area contributed by atoms with E-state index in [0.29, 0.717) is 17.9 Å². The summed E-state index contributed by atoms with van der Waals surface area (Å²) < 4.78 is 30.9. The number of nitrogens with zero attached hydrogens (tertiary/aromatic N) is 1. The molecule has 0 saturated carbocycles. The van der Waals surface area contributed by atoms with Crippen LogP contribution in [0, 0.1) is 11.6 Å². The average molecular weight is 269 g/mol. The fraction of sp³-hybridized carbons (Fsp3) is 0.308. The van der Waals surface area contributed by atoms with E-state index in [9.17, 15) is 8.78 Å². The summed E-state index contributed by atoms with van der Waals surface area (Å²) in [5.74, 6) is -1.68. The maximum atomic E-state index is 13.1. The number of thiazole rings is 1. The molecule has 0 spiro atoms. The molecule has 5 heteroatoms. The highest BCUT2D eigenvalue weighted by Crippen LogP contribution is 2.24. The van der Waals surface area contributed by atoms with Gasteiger partial charge in [0.25, 0.3) is 0 Å². The molecule has 18 heavy (non-hydrogen) atoms. The van der Waals surface area contributed by atoms with Gasteiger partial charge in [0.2, 0.25) is 0 Å². The number of aryl methyl sites for hydroxylation is 1. The monoisotopic (exact) mass is 269 g/mol. The first kappa shape index (κ1) is 13.1. The van der Waals surface area contributed by atoms with Gasteiger partial charge in [-0.05, 0) is 24.6 Å². The van der Waals surface area contributed by atoms with Crippen LogP contribution in [0.3, 0.4) is 0 Å². The zero-order valence-corrected chi connectivity index (χ0v) is 10.8. The molecule has 0 aliphatic carbocycles. The van der Waals surface area contributed by atoms with Gasteiger partial charge in [0, 0.05) is 31.1 Å². The molecule has 96 valence electrons. The van der Waals surface area contributed by atoms with Crippen LogP contribution in [-0.2, 0) is 11.2 Å². The molecule has 1 heterocycles. The van der Waals surface area contributed by atoms with Crippen molar-refractivity contribution >= 4 is 11.3 Å². The molecular weight excluding hydrogens is 256 g/mol. The lowest BCUT2D eigenvalue weighted by Crippen LogP contribution is -1.92. The van der Waals surface area contributed by atoms with Crippen LogP contribution in [0.2, 0.25) is 0 Å². The Morgan fingerprint density at radius 3 is 2.83 bits per heavy atom. The number of aromatic nitrogens is 1. The molecule has 0 N–H and O–H groups in total. The highest BCUT2D eigenvalue weighted by atomic mass is 32.1. The highest BCUT2D eigenvalue weighted by Gasteiger charge is 2.08. The van der Waals surface area contributed by atoms with Crippen molar-refractivity contribution in [1.29, 1.82) is 0 Å². The number of hydrogen-bond acceptors (Lipinski definition) is 3. The molecule has 0 saturated heterocycles. The second kappa shape index (κ2) is 6.02. The van der Waals surface area contributed by atoms with Gasteiger partial charge in [-0.1, -0.05) is 0 Å². The van der Waals surface area contributed by atoms with Gasteiger partial charge in [0.1, 0.15) is 0 Å². The first-order chi connectivity index (χ1) is 8.70. The van der Waals surface area contributed by atoms with E-state index in [2.05, 4.69) is 4.98 Å². The van der Waals surface area contributed by atoms with E-state index in [0.717, 1.165) is 23.9 Å². The van der Waals surface area contributed by atoms with Gasteiger partial charge in [-0.2, -0.15) is 0 Å². The molecular formula is C13H13F2NOS. The predicted octanol–water partition coefficient (Wildman–Crippen LogP) is 3.67. The van der Waals surface area contributed by atoms with Gasteiger partial charge in [-0.25, -0.2) is 13.8 Å². The number of halogens is 2. The van der Waals surface area contributed by atoms with Crippen molar-refractivity contribution in [1.82, 2.24) is 4.98 Å². The van der Waals surface area contributed by atoms with Crippen LogP contribution in [0.1, 0.15) is 11.4 Å². The standard InChI is InChI=1S/C13H13F2NOS/c1-17-6-2-3-13-16-12(8-18-13)9-4-5-10(14)11(15)7-9/h4-5,7-8H,2-3,6H2,1H3. The van der Waals surface area contributed by atoms with Crippen LogP contribution in [-0.4, -0.2) is 18.7 Å². The van der Waals surface area contributed by atoms with Gasteiger partial charge in [-0.15, -0.1) is 11.3 Å². The van der Waals surface area contributed by atoms with Gasteiger partial charge in [0.15, 0.2) is 11.6 Å². The van der Waals surface area contributed by atoms with E-state index in [-0.39, 0.29) is 0 Å². The van der Waals surface area contributed by atoms with E-state index in [4.69, 9.17) is 4.74 Å². The van der Waals surface area contributed by atoms with E-state index >= 15 is 0 Å². The second-order valence-electron chi connectivity index (χ2n) is 3.85. The summed E-state index contributed by atoms with van der Waals surface area (Å²) in [6.45, 7) is 0.695. The minimum atomic E-state index is -0.846. The Morgan fingerprint density at radius 1 is 1.28 bits per heavy atom. The van der Waals surface area contributed by atoms with Crippen LogP contribution < -0.4 is 0 Å². The topological polar surface area (TPSA) is 22.1 Å². The first-order valence-electron chi connectivity index (χ1n) is 5.59. The van der Waals surface area contributed by atoms with Gasteiger partial charge >= 0.3 is 0 Å². The summed E-state index contributed by atoms with van der Waals surface area (Å²) in [5.41, 5.74) is 1.29. The van der Waals surface area contributed by atoms with Crippen LogP contribution in [0.4, 0.5) is 8.78 Å². The molecule has 0 aliphatic heterocycles. The van der Waals surface area contributed by atoms with Crippen molar-refractivity contribution in [2.75, 3.05) is 13.7 Å². The molecule has 0 atom stereocenters. The average Bonchev–Trinajstić information content (AvgIpc) is 2.82. The van der Waals surface area contributed by atoms with Gasteiger partial charge < -0.3 is 4.74 Å². The molecule has 1 aromatic carbocycles. The Hall–Kier alpha value is -1.33. The second-order valence-corrected chi connectivity index (χ2v) is 4.79. The van der Waals surface area contributed by atoms with Crippen molar-refractivity contribution in [3.05, 3.63) is 40.2 Å². The predicted molar refractivity (Wildman–Crippen MR) is 67.7 cm³/mol. The van der Waals surface area contributed by atoms with Crippen LogP contribution in [0.25, 0.3) is 11.3 Å². The van der Waals surface area contributed by atoms with Crippen LogP contribution in [0.5, 0.6) is 0 Å². The first-order valence-corrected chi connectivity index (χ1v) is 6.47. The molecule has 0 radical (unpaired) electrons. The number of methoxy groups -OCH3 is 1. The molecule has 2 rings (SSSR count). The summed E-state index contributed by atoms with van der Waals surface area (Å²) in [6.07, 6.45) is 1.74. The maximum Gasteiger partial charge on any atom is 0.159 e. The van der Waals surface area contributed by atoms with E-state index in [1.54, 1.807) is 7.11 Å². The number of ether oxygens (including phenoxy) is 1. The maximum absolute atomic E-state index is 13.1. The zero-order valence-electron chi connectivity index (χ0n) is 9.95. The fourth-order valence-corrected chi connectivity index (χ4v) is 2.43. The molecule has 0 fully saturated rings. The van der Waals surface area contributed by atoms with Gasteiger partial charge in [0.05, 0.1) is 10.7 Å². The molecule has 1 aromatic heterocycles. The third kappa shape index (κ3) is 3.11. The fourth-order valence-electron chi connectivity index (χ4n) is 1.58. The van der Waals surface area contributed by atoms with Crippen molar-refractivity contribution in [3.8, 4) is 11.3 Å². The SMILES string of the molecule is COCCCc1nc(-c2ccc(F)c(F)c2)cs1. The third-order valence-corrected chi connectivity index (χ3v) is 3.41. The Bertz CT molecular complexity index is 527. The van der Waals surface area contributed by atoms with Crippen molar-refractivity contribution in [3.63, 3.8) is 0 Å². The van der Waals surface area contributed by atoms with Crippen LogP contribution >= 0.6 is 11.3 Å². The minimum absolute atomic E-state index is 0.600. The molecule has 0 unspecified atom stereocenters. The quantitative estimate of drug-likeness (QED) is 0.773. The number of hydrogen-bond donors (Lipinski definition) is 0. The molecule has 2 aromatic rings. The highest BCUT2D eigenvalue weighted by molar-refractivity contribution is 7.09. The zero-order chi connectivity index (χ0) is 13.0. The Kier molecular flexibility index (Phi) is 4.38. The third-order valence-electron chi connectivity index (χ3n) is 2.51.